The van der Waals surface area contributed by atoms with Crippen LogP contribution in [-0.2, 0) is 5.41 Å². The molecular formula is C68H51BN2O2S2. The van der Waals surface area contributed by atoms with E-state index in [2.05, 4.69) is 238 Å². The molecule has 0 N–H and O–H groups in total. The first-order valence-electron chi connectivity index (χ1n) is 26.2. The van der Waals surface area contributed by atoms with Crippen molar-refractivity contribution in [1.29, 1.82) is 0 Å². The fourth-order valence-electron chi connectivity index (χ4n) is 12.2. The summed E-state index contributed by atoms with van der Waals surface area (Å²) in [6, 6.07) is 75.4. The normalized spacial score (nSPS) is 13.8. The van der Waals surface area contributed by atoms with E-state index < -0.39 is 0 Å². The van der Waals surface area contributed by atoms with Gasteiger partial charge >= 0.3 is 0 Å². The Balaban J connectivity index is 0.970. The molecule has 0 aliphatic carbocycles. The first-order valence-corrected chi connectivity index (χ1v) is 27.8. The SMILES string of the molecule is Cc1cc2c3c(c1)N(c1ccc(C(C)(C)C)cc1-c1ccccc1)c1cc4c(cc1B3c1cc(-c3ccc5c(c3)sc3ccccc35)ccc1N2c1ccc(-c2ccc3c(c2)sc2ccccc23)cc1)OCCCO4. The third kappa shape index (κ3) is 7.16. The van der Waals surface area contributed by atoms with Crippen molar-refractivity contribution in [1.82, 2.24) is 0 Å². The molecule has 0 spiro atoms. The molecule has 15 rings (SSSR count). The van der Waals surface area contributed by atoms with Crippen LogP contribution in [0.25, 0.3) is 73.7 Å². The Morgan fingerprint density at radius 1 is 0.427 bits per heavy atom. The lowest BCUT2D eigenvalue weighted by Gasteiger charge is -2.45. The fraction of sp³-hybridized carbons (Fsp3) is 0.118. The van der Waals surface area contributed by atoms with Crippen LogP contribution in [0.4, 0.5) is 34.1 Å². The van der Waals surface area contributed by atoms with Crippen molar-refractivity contribution in [3.05, 3.63) is 211 Å². The Morgan fingerprint density at radius 2 is 0.973 bits per heavy atom. The smallest absolute Gasteiger partial charge is 0.252 e. The minimum atomic E-state index is -0.125. The van der Waals surface area contributed by atoms with Crippen molar-refractivity contribution in [2.45, 2.75) is 39.5 Å². The Hall–Kier alpha value is -8.10. The van der Waals surface area contributed by atoms with Crippen molar-refractivity contribution < 1.29 is 9.47 Å². The van der Waals surface area contributed by atoms with Crippen molar-refractivity contribution in [2.24, 2.45) is 0 Å². The van der Waals surface area contributed by atoms with Gasteiger partial charge in [-0.3, -0.25) is 0 Å². The van der Waals surface area contributed by atoms with Crippen LogP contribution in [0.1, 0.15) is 38.3 Å². The molecule has 0 bridgehead atoms. The van der Waals surface area contributed by atoms with Gasteiger partial charge < -0.3 is 19.3 Å². The zero-order chi connectivity index (χ0) is 50.1. The molecule has 12 aromatic rings. The summed E-state index contributed by atoms with van der Waals surface area (Å²) in [4.78, 5) is 5.07. The first kappa shape index (κ1) is 44.4. The van der Waals surface area contributed by atoms with E-state index in [1.165, 1.54) is 118 Å². The summed E-state index contributed by atoms with van der Waals surface area (Å²) in [5.74, 6) is 1.59. The number of benzene rings is 10. The summed E-state index contributed by atoms with van der Waals surface area (Å²) in [5.41, 5.74) is 20.2. The highest BCUT2D eigenvalue weighted by Crippen LogP contribution is 2.50. The molecule has 360 valence electrons. The number of rotatable bonds is 5. The van der Waals surface area contributed by atoms with Crippen LogP contribution >= 0.6 is 22.7 Å². The number of hydrogen-bond donors (Lipinski definition) is 0. The van der Waals surface area contributed by atoms with Crippen LogP contribution in [0.15, 0.2) is 200 Å². The van der Waals surface area contributed by atoms with Crippen LogP contribution in [0.2, 0.25) is 0 Å². The number of ether oxygens (including phenoxy) is 2. The van der Waals surface area contributed by atoms with Gasteiger partial charge in [-0.05, 0) is 140 Å². The Morgan fingerprint density at radius 3 is 1.65 bits per heavy atom. The number of thiophene rings is 2. The molecule has 0 atom stereocenters. The maximum atomic E-state index is 6.62. The highest BCUT2D eigenvalue weighted by Gasteiger charge is 2.45. The van der Waals surface area contributed by atoms with Crippen LogP contribution in [0.5, 0.6) is 11.5 Å². The molecule has 5 heterocycles. The average Bonchev–Trinajstić information content (AvgIpc) is 3.91. The summed E-state index contributed by atoms with van der Waals surface area (Å²) in [6.45, 7) is 10.3. The number of nitrogens with zero attached hydrogens (tertiary/aromatic N) is 2. The molecule has 7 heteroatoms. The molecule has 2 aromatic heterocycles. The molecule has 3 aliphatic rings. The second-order valence-electron chi connectivity index (χ2n) is 21.5. The standard InChI is InChI=1S/C68H51BN2O2S2/c1-41-33-59-67-60(34-41)71(56-30-24-47(68(2,3)4)38-53(56)43-13-6-5-7-14-43)58-40-62-61(72-31-12-32-73-62)39-55(58)69(67)54-35-44(46-22-28-52-50-16-9-11-18-64(50)75-66(52)37-46)23-29-57(54)70(59)48-25-19-42(20-26-48)45-21-27-51-49-15-8-10-17-63(49)74-65(51)36-45/h5-11,13-30,33-40H,12,31-32H2,1-4H3. The predicted octanol–water partition coefficient (Wildman–Crippen LogP) is 17.3. The molecule has 4 nitrogen and oxygen atoms in total. The Kier molecular flexibility index (Phi) is 10.0. The Labute approximate surface area is 445 Å². The molecule has 0 saturated heterocycles. The summed E-state index contributed by atoms with van der Waals surface area (Å²) < 4.78 is 18.5. The van der Waals surface area contributed by atoms with Crippen molar-refractivity contribution in [3.63, 3.8) is 0 Å². The number of anilines is 6. The van der Waals surface area contributed by atoms with Crippen LogP contribution in [-0.4, -0.2) is 19.9 Å². The monoisotopic (exact) mass is 1000 g/mol. The van der Waals surface area contributed by atoms with E-state index in [1.807, 2.05) is 22.7 Å². The summed E-state index contributed by atoms with van der Waals surface area (Å²) in [5, 5.41) is 5.25. The molecule has 10 aromatic carbocycles. The lowest BCUT2D eigenvalue weighted by atomic mass is 9.33. The van der Waals surface area contributed by atoms with E-state index in [9.17, 15) is 0 Å². The molecular weight excluding hydrogens is 952 g/mol. The molecule has 0 fully saturated rings. The van der Waals surface area contributed by atoms with E-state index in [1.54, 1.807) is 0 Å². The molecule has 0 unspecified atom stereocenters. The summed E-state index contributed by atoms with van der Waals surface area (Å²) >= 11 is 3.74. The zero-order valence-corrected chi connectivity index (χ0v) is 43.9. The van der Waals surface area contributed by atoms with Crippen LogP contribution in [0.3, 0.4) is 0 Å². The topological polar surface area (TPSA) is 24.9 Å². The van der Waals surface area contributed by atoms with Gasteiger partial charge in [0.25, 0.3) is 6.71 Å². The largest absolute Gasteiger partial charge is 0.490 e. The van der Waals surface area contributed by atoms with E-state index in [0.717, 1.165) is 35.0 Å². The second-order valence-corrected chi connectivity index (χ2v) is 23.7. The summed E-state index contributed by atoms with van der Waals surface area (Å²) in [6.07, 6.45) is 0.826. The molecule has 0 amide bonds. The van der Waals surface area contributed by atoms with Gasteiger partial charge in [-0.25, -0.2) is 0 Å². The van der Waals surface area contributed by atoms with Gasteiger partial charge in [-0.2, -0.15) is 0 Å². The van der Waals surface area contributed by atoms with E-state index in [4.69, 9.17) is 9.47 Å². The minimum Gasteiger partial charge on any atom is -0.490 e. The number of aryl methyl sites for hydroxylation is 1. The Bertz CT molecular complexity index is 4300. The fourth-order valence-corrected chi connectivity index (χ4v) is 14.5. The highest BCUT2D eigenvalue weighted by molar-refractivity contribution is 7.26. The summed E-state index contributed by atoms with van der Waals surface area (Å²) in [7, 11) is 0. The zero-order valence-electron chi connectivity index (χ0n) is 42.3. The third-order valence-corrected chi connectivity index (χ3v) is 18.1. The third-order valence-electron chi connectivity index (χ3n) is 15.8. The quantitative estimate of drug-likeness (QED) is 0.160. The van der Waals surface area contributed by atoms with Crippen LogP contribution < -0.4 is 35.7 Å². The van der Waals surface area contributed by atoms with E-state index in [-0.39, 0.29) is 12.1 Å². The van der Waals surface area contributed by atoms with Gasteiger partial charge in [0, 0.05) is 86.8 Å². The van der Waals surface area contributed by atoms with Crippen molar-refractivity contribution >= 4 is 120 Å². The van der Waals surface area contributed by atoms with Crippen LogP contribution in [0, 0.1) is 6.92 Å². The minimum absolute atomic E-state index is 0.0533. The lowest BCUT2D eigenvalue weighted by molar-refractivity contribution is 0.297. The lowest BCUT2D eigenvalue weighted by Crippen LogP contribution is -2.61. The first-order chi connectivity index (χ1) is 36.7. The van der Waals surface area contributed by atoms with E-state index in [0.29, 0.717) is 13.2 Å². The van der Waals surface area contributed by atoms with Gasteiger partial charge in [0.1, 0.15) is 0 Å². The maximum absolute atomic E-state index is 6.62. The average molecular weight is 1000 g/mol. The predicted molar refractivity (Wildman–Crippen MR) is 322 cm³/mol. The molecule has 3 aliphatic heterocycles. The van der Waals surface area contributed by atoms with E-state index >= 15 is 0 Å². The van der Waals surface area contributed by atoms with Gasteiger partial charge in [-0.15, -0.1) is 22.7 Å². The second kappa shape index (κ2) is 17.0. The maximum Gasteiger partial charge on any atom is 0.252 e. The van der Waals surface area contributed by atoms with Gasteiger partial charge in [0.2, 0.25) is 0 Å². The number of fused-ring (bicyclic) bond motifs is 11. The van der Waals surface area contributed by atoms with Crippen molar-refractivity contribution in [3.8, 4) is 44.9 Å². The molecule has 75 heavy (non-hydrogen) atoms. The van der Waals surface area contributed by atoms with Gasteiger partial charge in [0.15, 0.2) is 11.5 Å². The van der Waals surface area contributed by atoms with Gasteiger partial charge in [-0.1, -0.05) is 142 Å². The number of hydrogen-bond acceptors (Lipinski definition) is 6. The molecule has 0 radical (unpaired) electrons. The van der Waals surface area contributed by atoms with Gasteiger partial charge in [0.05, 0.1) is 18.9 Å². The highest BCUT2D eigenvalue weighted by atomic mass is 32.1. The molecule has 0 saturated carbocycles. The van der Waals surface area contributed by atoms with Crippen molar-refractivity contribution in [2.75, 3.05) is 23.0 Å².